The molecule has 0 aliphatic carbocycles. The number of ether oxygens (including phenoxy) is 1. The summed E-state index contributed by atoms with van der Waals surface area (Å²) in [7, 11) is 1.58. The SMILES string of the molecule is COc1ccc(Br)cc1C(N)c1cccc(F)c1Br. The molecule has 2 aromatic carbocycles. The summed E-state index contributed by atoms with van der Waals surface area (Å²) in [6.45, 7) is 0. The lowest BCUT2D eigenvalue weighted by molar-refractivity contribution is 0.407. The Bertz CT molecular complexity index is 604. The van der Waals surface area contributed by atoms with E-state index in [0.29, 0.717) is 15.8 Å². The first-order valence-electron chi connectivity index (χ1n) is 5.57. The standard InChI is InChI=1S/C14H12Br2FNO/c1-19-12-6-5-8(15)7-10(12)14(18)9-3-2-4-11(17)13(9)16/h2-7,14H,18H2,1H3. The summed E-state index contributed by atoms with van der Waals surface area (Å²) < 4.78 is 20.2. The number of nitrogens with two attached hydrogens (primary N) is 1. The fourth-order valence-electron chi connectivity index (χ4n) is 1.88. The highest BCUT2D eigenvalue weighted by Gasteiger charge is 2.18. The molecule has 19 heavy (non-hydrogen) atoms. The second-order valence-electron chi connectivity index (χ2n) is 4.01. The predicted molar refractivity (Wildman–Crippen MR) is 80.8 cm³/mol. The molecule has 2 aromatic rings. The van der Waals surface area contributed by atoms with E-state index in [1.807, 2.05) is 18.2 Å². The zero-order valence-electron chi connectivity index (χ0n) is 10.2. The maximum atomic E-state index is 13.6. The van der Waals surface area contributed by atoms with Gasteiger partial charge in [-0.25, -0.2) is 4.39 Å². The summed E-state index contributed by atoms with van der Waals surface area (Å²) >= 11 is 6.64. The molecule has 0 radical (unpaired) electrons. The van der Waals surface area contributed by atoms with Gasteiger partial charge in [-0.15, -0.1) is 0 Å². The van der Waals surface area contributed by atoms with Gasteiger partial charge < -0.3 is 10.5 Å². The van der Waals surface area contributed by atoms with Crippen LogP contribution in [0.2, 0.25) is 0 Å². The van der Waals surface area contributed by atoms with Gasteiger partial charge in [-0.3, -0.25) is 0 Å². The van der Waals surface area contributed by atoms with E-state index in [2.05, 4.69) is 31.9 Å². The van der Waals surface area contributed by atoms with Crippen LogP contribution in [-0.4, -0.2) is 7.11 Å². The third kappa shape index (κ3) is 2.99. The van der Waals surface area contributed by atoms with Crippen molar-refractivity contribution >= 4 is 31.9 Å². The van der Waals surface area contributed by atoms with E-state index in [1.54, 1.807) is 19.2 Å². The topological polar surface area (TPSA) is 35.2 Å². The maximum Gasteiger partial charge on any atom is 0.137 e. The van der Waals surface area contributed by atoms with E-state index < -0.39 is 6.04 Å². The average Bonchev–Trinajstić information content (AvgIpc) is 2.41. The van der Waals surface area contributed by atoms with Gasteiger partial charge in [0, 0.05) is 10.0 Å². The molecule has 0 spiro atoms. The van der Waals surface area contributed by atoms with Gasteiger partial charge in [0.05, 0.1) is 17.6 Å². The van der Waals surface area contributed by atoms with Gasteiger partial charge in [0.1, 0.15) is 11.6 Å². The normalized spacial score (nSPS) is 12.3. The second kappa shape index (κ2) is 6.03. The first-order chi connectivity index (χ1) is 9.04. The molecule has 1 atom stereocenters. The Labute approximate surface area is 128 Å². The van der Waals surface area contributed by atoms with Gasteiger partial charge in [-0.2, -0.15) is 0 Å². The second-order valence-corrected chi connectivity index (χ2v) is 5.72. The maximum absolute atomic E-state index is 13.6. The number of halogens is 3. The Hall–Kier alpha value is -0.910. The summed E-state index contributed by atoms with van der Waals surface area (Å²) in [5.41, 5.74) is 7.71. The Balaban J connectivity index is 2.52. The van der Waals surface area contributed by atoms with Crippen molar-refractivity contribution in [1.82, 2.24) is 0 Å². The van der Waals surface area contributed by atoms with Crippen molar-refractivity contribution in [3.05, 3.63) is 62.3 Å². The Morgan fingerprint density at radius 2 is 1.89 bits per heavy atom. The minimum Gasteiger partial charge on any atom is -0.496 e. The number of rotatable bonds is 3. The molecule has 5 heteroatoms. The minimum absolute atomic E-state index is 0.332. The molecular formula is C14H12Br2FNO. The van der Waals surface area contributed by atoms with Crippen LogP contribution in [0.15, 0.2) is 45.3 Å². The van der Waals surface area contributed by atoms with Crippen molar-refractivity contribution in [2.45, 2.75) is 6.04 Å². The smallest absolute Gasteiger partial charge is 0.137 e. The molecule has 0 heterocycles. The fraction of sp³-hybridized carbons (Fsp3) is 0.143. The molecule has 1 unspecified atom stereocenters. The van der Waals surface area contributed by atoms with Crippen LogP contribution in [0, 0.1) is 5.82 Å². The zero-order chi connectivity index (χ0) is 14.0. The molecule has 0 amide bonds. The van der Waals surface area contributed by atoms with Crippen molar-refractivity contribution in [2.24, 2.45) is 5.73 Å². The summed E-state index contributed by atoms with van der Waals surface area (Å²) in [4.78, 5) is 0. The van der Waals surface area contributed by atoms with Gasteiger partial charge in [-0.1, -0.05) is 28.1 Å². The van der Waals surface area contributed by atoms with Crippen LogP contribution in [0.5, 0.6) is 5.75 Å². The lowest BCUT2D eigenvalue weighted by atomic mass is 9.98. The molecule has 0 saturated heterocycles. The van der Waals surface area contributed by atoms with Crippen LogP contribution in [0.1, 0.15) is 17.2 Å². The molecule has 0 bridgehead atoms. The van der Waals surface area contributed by atoms with Crippen LogP contribution in [-0.2, 0) is 0 Å². The first kappa shape index (κ1) is 14.5. The summed E-state index contributed by atoms with van der Waals surface area (Å²) in [6, 6.07) is 9.91. The molecule has 2 N–H and O–H groups in total. The van der Waals surface area contributed by atoms with Crippen LogP contribution in [0.4, 0.5) is 4.39 Å². The molecule has 0 aromatic heterocycles. The van der Waals surface area contributed by atoms with E-state index >= 15 is 0 Å². The summed E-state index contributed by atoms with van der Waals surface area (Å²) in [5, 5.41) is 0. The molecular weight excluding hydrogens is 377 g/mol. The largest absolute Gasteiger partial charge is 0.496 e. The van der Waals surface area contributed by atoms with Gasteiger partial charge in [0.25, 0.3) is 0 Å². The van der Waals surface area contributed by atoms with Crippen LogP contribution in [0.25, 0.3) is 0 Å². The Kier molecular flexibility index (Phi) is 4.60. The van der Waals surface area contributed by atoms with Gasteiger partial charge in [-0.05, 0) is 45.8 Å². The van der Waals surface area contributed by atoms with Gasteiger partial charge >= 0.3 is 0 Å². The van der Waals surface area contributed by atoms with E-state index in [-0.39, 0.29) is 5.82 Å². The van der Waals surface area contributed by atoms with Crippen molar-refractivity contribution in [3.63, 3.8) is 0 Å². The number of benzene rings is 2. The number of hydrogen-bond donors (Lipinski definition) is 1. The monoisotopic (exact) mass is 387 g/mol. The van der Waals surface area contributed by atoms with Crippen molar-refractivity contribution < 1.29 is 9.13 Å². The summed E-state index contributed by atoms with van der Waals surface area (Å²) in [5.74, 6) is 0.341. The average molecular weight is 389 g/mol. The van der Waals surface area contributed by atoms with Gasteiger partial charge in [0.2, 0.25) is 0 Å². The molecule has 2 rings (SSSR count). The van der Waals surface area contributed by atoms with Crippen molar-refractivity contribution in [1.29, 1.82) is 0 Å². The zero-order valence-corrected chi connectivity index (χ0v) is 13.3. The van der Waals surface area contributed by atoms with Crippen LogP contribution in [0.3, 0.4) is 0 Å². The predicted octanol–water partition coefficient (Wildman–Crippen LogP) is 4.41. The third-order valence-electron chi connectivity index (χ3n) is 2.84. The van der Waals surface area contributed by atoms with Crippen LogP contribution >= 0.6 is 31.9 Å². The molecule has 0 saturated carbocycles. The highest BCUT2D eigenvalue weighted by Crippen LogP contribution is 2.34. The molecule has 100 valence electrons. The van der Waals surface area contributed by atoms with Gasteiger partial charge in [0.15, 0.2) is 0 Å². The molecule has 0 fully saturated rings. The van der Waals surface area contributed by atoms with Crippen molar-refractivity contribution in [2.75, 3.05) is 7.11 Å². The molecule has 0 aliphatic rings. The highest BCUT2D eigenvalue weighted by molar-refractivity contribution is 9.10. The molecule has 2 nitrogen and oxygen atoms in total. The quantitative estimate of drug-likeness (QED) is 0.845. The molecule has 0 aliphatic heterocycles. The summed E-state index contributed by atoms with van der Waals surface area (Å²) in [6.07, 6.45) is 0. The number of methoxy groups -OCH3 is 1. The van der Waals surface area contributed by atoms with E-state index in [4.69, 9.17) is 10.5 Å². The Morgan fingerprint density at radius 3 is 2.58 bits per heavy atom. The van der Waals surface area contributed by atoms with E-state index in [9.17, 15) is 4.39 Å². The van der Waals surface area contributed by atoms with E-state index in [1.165, 1.54) is 6.07 Å². The Morgan fingerprint density at radius 1 is 1.16 bits per heavy atom. The van der Waals surface area contributed by atoms with E-state index in [0.717, 1.165) is 10.0 Å². The van der Waals surface area contributed by atoms with Crippen molar-refractivity contribution in [3.8, 4) is 5.75 Å². The lowest BCUT2D eigenvalue weighted by Crippen LogP contribution is -2.14. The lowest BCUT2D eigenvalue weighted by Gasteiger charge is -2.18. The van der Waals surface area contributed by atoms with Crippen LogP contribution < -0.4 is 10.5 Å². The highest BCUT2D eigenvalue weighted by atomic mass is 79.9. The first-order valence-corrected chi connectivity index (χ1v) is 7.16. The fourth-order valence-corrected chi connectivity index (χ4v) is 2.77. The minimum atomic E-state index is -0.475. The third-order valence-corrected chi connectivity index (χ3v) is 4.17. The number of hydrogen-bond acceptors (Lipinski definition) is 2.